The molecule has 0 bridgehead atoms. The number of hydrogen-bond donors (Lipinski definition) is 1. The van der Waals surface area contributed by atoms with Gasteiger partial charge in [-0.25, -0.2) is 4.79 Å². The van der Waals surface area contributed by atoms with Crippen LogP contribution < -0.4 is 5.32 Å². The number of thiophene rings is 1. The molecule has 1 N–H and O–H groups in total. The Morgan fingerprint density at radius 3 is 2.48 bits per heavy atom. The van der Waals surface area contributed by atoms with Gasteiger partial charge in [0.05, 0.1) is 15.7 Å². The van der Waals surface area contributed by atoms with Crippen molar-refractivity contribution < 1.29 is 14.3 Å². The van der Waals surface area contributed by atoms with Crippen molar-refractivity contribution in [3.63, 3.8) is 0 Å². The van der Waals surface area contributed by atoms with Crippen molar-refractivity contribution in [3.8, 4) is 0 Å². The molecule has 0 aliphatic rings. The average Bonchev–Trinajstić information content (AvgIpc) is 2.90. The molecule has 2 rings (SSSR count). The second-order valence-electron chi connectivity index (χ2n) is 4.77. The zero-order valence-electron chi connectivity index (χ0n) is 12.6. The van der Waals surface area contributed by atoms with Crippen LogP contribution >= 0.6 is 34.5 Å². The number of anilines is 1. The van der Waals surface area contributed by atoms with Gasteiger partial charge in [-0.1, -0.05) is 36.2 Å². The van der Waals surface area contributed by atoms with Crippen LogP contribution in [0.4, 0.5) is 5.69 Å². The maximum Gasteiger partial charge on any atom is 0.348 e. The van der Waals surface area contributed by atoms with Crippen LogP contribution in [0.5, 0.6) is 0 Å². The van der Waals surface area contributed by atoms with Crippen molar-refractivity contribution in [2.75, 3.05) is 11.9 Å². The zero-order chi connectivity index (χ0) is 17.0. The van der Waals surface area contributed by atoms with Crippen molar-refractivity contribution in [2.45, 2.75) is 20.3 Å². The number of nitrogens with one attached hydrogen (secondary N) is 1. The number of ether oxygens (including phenoxy) is 1. The molecule has 0 radical (unpaired) electrons. The van der Waals surface area contributed by atoms with Crippen molar-refractivity contribution in [1.82, 2.24) is 0 Å². The second-order valence-corrected chi connectivity index (χ2v) is 6.84. The molecule has 4 nitrogen and oxygen atoms in total. The lowest BCUT2D eigenvalue weighted by atomic mass is 10.2. The fourth-order valence-corrected chi connectivity index (χ4v) is 3.47. The van der Waals surface area contributed by atoms with Crippen molar-refractivity contribution in [1.29, 1.82) is 0 Å². The van der Waals surface area contributed by atoms with Gasteiger partial charge in [-0.15, -0.1) is 11.3 Å². The van der Waals surface area contributed by atoms with E-state index >= 15 is 0 Å². The number of hydrogen-bond acceptors (Lipinski definition) is 4. The topological polar surface area (TPSA) is 55.4 Å². The monoisotopic (exact) mass is 371 g/mol. The van der Waals surface area contributed by atoms with E-state index in [1.54, 1.807) is 24.3 Å². The molecule has 0 atom stereocenters. The molecule has 0 unspecified atom stereocenters. The lowest BCUT2D eigenvalue weighted by Crippen LogP contribution is -2.21. The molecule has 0 aliphatic heterocycles. The minimum Gasteiger partial charge on any atom is -0.451 e. The number of esters is 1. The Morgan fingerprint density at radius 2 is 1.91 bits per heavy atom. The van der Waals surface area contributed by atoms with E-state index in [9.17, 15) is 9.59 Å². The Bertz CT molecular complexity index is 723. The van der Waals surface area contributed by atoms with Gasteiger partial charge in [0.15, 0.2) is 6.61 Å². The smallest absolute Gasteiger partial charge is 0.348 e. The molecule has 2 aromatic rings. The average molecular weight is 372 g/mol. The lowest BCUT2D eigenvalue weighted by molar-refractivity contribution is -0.119. The summed E-state index contributed by atoms with van der Waals surface area (Å²) in [6, 6.07) is 6.68. The lowest BCUT2D eigenvalue weighted by Gasteiger charge is -2.09. The van der Waals surface area contributed by atoms with Gasteiger partial charge >= 0.3 is 5.97 Å². The molecule has 1 aromatic heterocycles. The number of benzene rings is 1. The highest BCUT2D eigenvalue weighted by atomic mass is 35.5. The summed E-state index contributed by atoms with van der Waals surface area (Å²) in [6.07, 6.45) is 0.848. The van der Waals surface area contributed by atoms with Crippen LogP contribution in [-0.4, -0.2) is 18.5 Å². The van der Waals surface area contributed by atoms with Gasteiger partial charge in [-0.2, -0.15) is 0 Å². The maximum atomic E-state index is 12.0. The van der Waals surface area contributed by atoms with Crippen LogP contribution in [0, 0.1) is 6.92 Å². The van der Waals surface area contributed by atoms with E-state index in [-0.39, 0.29) is 0 Å². The van der Waals surface area contributed by atoms with Crippen LogP contribution in [0.1, 0.15) is 27.0 Å². The summed E-state index contributed by atoms with van der Waals surface area (Å²) in [6.45, 7) is 3.57. The zero-order valence-corrected chi connectivity index (χ0v) is 14.9. The molecule has 1 amide bonds. The quantitative estimate of drug-likeness (QED) is 0.773. The van der Waals surface area contributed by atoms with E-state index in [2.05, 4.69) is 5.32 Å². The molecule has 122 valence electrons. The van der Waals surface area contributed by atoms with Gasteiger partial charge in [0.2, 0.25) is 0 Å². The van der Waals surface area contributed by atoms with Gasteiger partial charge in [0, 0.05) is 4.88 Å². The van der Waals surface area contributed by atoms with Crippen LogP contribution in [0.15, 0.2) is 24.3 Å². The van der Waals surface area contributed by atoms with Crippen LogP contribution in [0.3, 0.4) is 0 Å². The number of rotatable bonds is 5. The Kier molecular flexibility index (Phi) is 6.04. The van der Waals surface area contributed by atoms with Gasteiger partial charge in [0.1, 0.15) is 4.88 Å². The molecule has 23 heavy (non-hydrogen) atoms. The SMILES string of the molecule is CCc1cc(C(=O)OCC(=O)Nc2c(Cl)cccc2Cl)sc1C. The first kappa shape index (κ1) is 17.8. The molecular formula is C16H15Cl2NO3S. The van der Waals surface area contributed by atoms with Crippen LogP contribution in [0.25, 0.3) is 0 Å². The molecule has 1 heterocycles. The summed E-state index contributed by atoms with van der Waals surface area (Å²) in [5.74, 6) is -1.02. The van der Waals surface area contributed by atoms with E-state index in [1.165, 1.54) is 11.3 Å². The van der Waals surface area contributed by atoms with Crippen molar-refractivity contribution in [3.05, 3.63) is 49.6 Å². The molecule has 0 fully saturated rings. The number of aryl methyl sites for hydroxylation is 2. The van der Waals surface area contributed by atoms with Crippen molar-refractivity contribution in [2.24, 2.45) is 0 Å². The van der Waals surface area contributed by atoms with E-state index in [4.69, 9.17) is 27.9 Å². The van der Waals surface area contributed by atoms with E-state index in [0.717, 1.165) is 16.9 Å². The maximum absolute atomic E-state index is 12.0. The third-order valence-electron chi connectivity index (χ3n) is 3.16. The predicted molar refractivity (Wildman–Crippen MR) is 93.8 cm³/mol. The first-order chi connectivity index (χ1) is 10.9. The molecule has 1 aromatic carbocycles. The number of amides is 1. The normalized spacial score (nSPS) is 10.4. The molecule has 0 aliphatic carbocycles. The number of carbonyl (C=O) groups excluding carboxylic acids is 2. The van der Waals surface area contributed by atoms with Crippen LogP contribution in [-0.2, 0) is 16.0 Å². The van der Waals surface area contributed by atoms with Gasteiger partial charge in [-0.3, -0.25) is 4.79 Å². The minimum absolute atomic E-state index is 0.303. The van der Waals surface area contributed by atoms with E-state index in [0.29, 0.717) is 20.6 Å². The highest BCUT2D eigenvalue weighted by Crippen LogP contribution is 2.29. The Hall–Kier alpha value is -1.56. The van der Waals surface area contributed by atoms with E-state index in [1.807, 2.05) is 13.8 Å². The summed E-state index contributed by atoms with van der Waals surface area (Å²) >= 11 is 13.3. The Morgan fingerprint density at radius 1 is 1.26 bits per heavy atom. The van der Waals surface area contributed by atoms with E-state index < -0.39 is 18.5 Å². The number of para-hydroxylation sites is 1. The first-order valence-electron chi connectivity index (χ1n) is 6.92. The van der Waals surface area contributed by atoms with Gasteiger partial charge < -0.3 is 10.1 Å². The fourth-order valence-electron chi connectivity index (χ4n) is 1.97. The molecular weight excluding hydrogens is 357 g/mol. The third-order valence-corrected chi connectivity index (χ3v) is 4.87. The third kappa shape index (κ3) is 4.47. The minimum atomic E-state index is -0.516. The van der Waals surface area contributed by atoms with Crippen molar-refractivity contribution >= 4 is 52.1 Å². The first-order valence-corrected chi connectivity index (χ1v) is 8.50. The summed E-state index contributed by atoms with van der Waals surface area (Å²) in [4.78, 5) is 25.4. The molecule has 0 saturated carbocycles. The highest BCUT2D eigenvalue weighted by Gasteiger charge is 2.16. The summed E-state index contributed by atoms with van der Waals surface area (Å²) in [7, 11) is 0. The van der Waals surface area contributed by atoms with Gasteiger partial charge in [0.25, 0.3) is 5.91 Å². The summed E-state index contributed by atoms with van der Waals surface area (Å²) in [5, 5.41) is 3.17. The summed E-state index contributed by atoms with van der Waals surface area (Å²) < 4.78 is 5.03. The fraction of sp³-hybridized carbons (Fsp3) is 0.250. The Balaban J connectivity index is 1.95. The second kappa shape index (κ2) is 7.81. The summed E-state index contributed by atoms with van der Waals surface area (Å²) in [5.41, 5.74) is 1.41. The Labute approximate surface area is 148 Å². The molecule has 0 saturated heterocycles. The molecule has 0 spiro atoms. The standard InChI is InChI=1S/C16H15Cl2NO3S/c1-3-10-7-13(23-9(10)2)16(21)22-8-14(20)19-15-11(17)5-4-6-12(15)18/h4-7H,3,8H2,1-2H3,(H,19,20). The largest absolute Gasteiger partial charge is 0.451 e. The highest BCUT2D eigenvalue weighted by molar-refractivity contribution is 7.14. The predicted octanol–water partition coefficient (Wildman–Crippen LogP) is 4.72. The van der Waals surface area contributed by atoms with Crippen LogP contribution in [0.2, 0.25) is 10.0 Å². The molecule has 7 heteroatoms. The number of carbonyl (C=O) groups is 2. The number of halogens is 2. The van der Waals surface area contributed by atoms with Gasteiger partial charge in [-0.05, 0) is 37.1 Å².